The summed E-state index contributed by atoms with van der Waals surface area (Å²) in [6.07, 6.45) is 11.5. The molecule has 0 aromatic rings. The van der Waals surface area contributed by atoms with E-state index in [0.717, 1.165) is 31.1 Å². The fourth-order valence-corrected chi connectivity index (χ4v) is 4.22. The van der Waals surface area contributed by atoms with Gasteiger partial charge in [-0.1, -0.05) is 12.8 Å². The molecule has 98 valence electrons. The van der Waals surface area contributed by atoms with E-state index < -0.39 is 0 Å². The minimum Gasteiger partial charge on any atom is -0.381 e. The SMILES string of the molecule is C1CC[C@@H]2[C@H](C1)CCCN2CC1CCOCC1. The van der Waals surface area contributed by atoms with Gasteiger partial charge in [0.15, 0.2) is 0 Å². The summed E-state index contributed by atoms with van der Waals surface area (Å²) in [7, 11) is 0. The van der Waals surface area contributed by atoms with Crippen LogP contribution in [-0.2, 0) is 4.74 Å². The van der Waals surface area contributed by atoms with E-state index >= 15 is 0 Å². The Labute approximate surface area is 106 Å². The lowest BCUT2D eigenvalue weighted by atomic mass is 9.78. The molecule has 3 aliphatic rings. The summed E-state index contributed by atoms with van der Waals surface area (Å²) >= 11 is 0. The number of nitrogens with zero attached hydrogens (tertiary/aromatic N) is 1. The van der Waals surface area contributed by atoms with E-state index in [4.69, 9.17) is 4.74 Å². The molecular weight excluding hydrogens is 210 g/mol. The first-order valence-electron chi connectivity index (χ1n) is 7.75. The van der Waals surface area contributed by atoms with Gasteiger partial charge in [-0.25, -0.2) is 0 Å². The van der Waals surface area contributed by atoms with Crippen LogP contribution in [0.4, 0.5) is 0 Å². The molecule has 0 spiro atoms. The van der Waals surface area contributed by atoms with Gasteiger partial charge in [0, 0.05) is 25.8 Å². The molecule has 0 aromatic carbocycles. The molecule has 2 heterocycles. The minimum absolute atomic E-state index is 0.921. The molecule has 2 aliphatic heterocycles. The third-order valence-electron chi connectivity index (χ3n) is 5.19. The monoisotopic (exact) mass is 237 g/mol. The van der Waals surface area contributed by atoms with Crippen LogP contribution in [0.5, 0.6) is 0 Å². The summed E-state index contributed by atoms with van der Waals surface area (Å²) in [6.45, 7) is 4.75. The molecule has 2 heteroatoms. The standard InChI is InChI=1S/C15H27NO/c1-2-6-15-14(4-1)5-3-9-16(15)12-13-7-10-17-11-8-13/h13-15H,1-12H2/t14-,15-/m1/s1. The van der Waals surface area contributed by atoms with E-state index in [1.54, 1.807) is 0 Å². The van der Waals surface area contributed by atoms with Crippen LogP contribution in [0.25, 0.3) is 0 Å². The summed E-state index contributed by atoms with van der Waals surface area (Å²) in [6, 6.07) is 0.945. The smallest absolute Gasteiger partial charge is 0.0469 e. The third kappa shape index (κ3) is 2.85. The van der Waals surface area contributed by atoms with Gasteiger partial charge in [0.05, 0.1) is 0 Å². The van der Waals surface area contributed by atoms with Crippen LogP contribution >= 0.6 is 0 Å². The van der Waals surface area contributed by atoms with Gasteiger partial charge in [0.2, 0.25) is 0 Å². The number of hydrogen-bond donors (Lipinski definition) is 0. The molecule has 2 saturated heterocycles. The minimum atomic E-state index is 0.921. The Bertz CT molecular complexity index is 235. The maximum atomic E-state index is 5.48. The number of ether oxygens (including phenoxy) is 1. The lowest BCUT2D eigenvalue weighted by Crippen LogP contribution is -2.48. The average molecular weight is 237 g/mol. The maximum absolute atomic E-state index is 5.48. The van der Waals surface area contributed by atoms with Crippen molar-refractivity contribution in [1.29, 1.82) is 0 Å². The summed E-state index contributed by atoms with van der Waals surface area (Å²) in [5.41, 5.74) is 0. The van der Waals surface area contributed by atoms with E-state index in [0.29, 0.717) is 0 Å². The molecule has 0 bridgehead atoms. The lowest BCUT2D eigenvalue weighted by molar-refractivity contribution is 0.0139. The average Bonchev–Trinajstić information content (AvgIpc) is 2.40. The lowest BCUT2D eigenvalue weighted by Gasteiger charge is -2.45. The van der Waals surface area contributed by atoms with Crippen LogP contribution in [0.15, 0.2) is 0 Å². The Hall–Kier alpha value is -0.0800. The van der Waals surface area contributed by atoms with Crippen LogP contribution in [0, 0.1) is 11.8 Å². The van der Waals surface area contributed by atoms with E-state index in [2.05, 4.69) is 4.90 Å². The van der Waals surface area contributed by atoms with Crippen molar-refractivity contribution >= 4 is 0 Å². The molecule has 1 saturated carbocycles. The normalized spacial score (nSPS) is 36.7. The first-order chi connectivity index (χ1) is 8.43. The first kappa shape index (κ1) is 12.0. The van der Waals surface area contributed by atoms with Crippen molar-refractivity contribution in [3.63, 3.8) is 0 Å². The Morgan fingerprint density at radius 2 is 1.65 bits per heavy atom. The maximum Gasteiger partial charge on any atom is 0.0469 e. The highest BCUT2D eigenvalue weighted by Gasteiger charge is 2.34. The van der Waals surface area contributed by atoms with Gasteiger partial charge >= 0.3 is 0 Å². The molecule has 3 rings (SSSR count). The largest absolute Gasteiger partial charge is 0.381 e. The topological polar surface area (TPSA) is 12.5 Å². The Balaban J connectivity index is 1.56. The van der Waals surface area contributed by atoms with Crippen molar-refractivity contribution in [1.82, 2.24) is 4.90 Å². The number of hydrogen-bond acceptors (Lipinski definition) is 2. The molecule has 0 N–H and O–H groups in total. The van der Waals surface area contributed by atoms with Crippen LogP contribution in [0.3, 0.4) is 0 Å². The Kier molecular flexibility index (Phi) is 4.02. The highest BCUT2D eigenvalue weighted by Crippen LogP contribution is 2.36. The predicted molar refractivity (Wildman–Crippen MR) is 70.1 cm³/mol. The van der Waals surface area contributed by atoms with E-state index in [1.807, 2.05) is 0 Å². The van der Waals surface area contributed by atoms with Gasteiger partial charge in [-0.15, -0.1) is 0 Å². The van der Waals surface area contributed by atoms with Crippen molar-refractivity contribution in [2.45, 2.75) is 57.4 Å². The summed E-state index contributed by atoms with van der Waals surface area (Å²) < 4.78 is 5.48. The molecule has 2 atom stereocenters. The molecule has 0 amide bonds. The third-order valence-corrected chi connectivity index (χ3v) is 5.19. The van der Waals surface area contributed by atoms with Crippen molar-refractivity contribution in [2.24, 2.45) is 11.8 Å². The van der Waals surface area contributed by atoms with Crippen LogP contribution < -0.4 is 0 Å². The molecule has 0 unspecified atom stereocenters. The molecule has 1 aliphatic carbocycles. The van der Waals surface area contributed by atoms with Gasteiger partial charge in [0.25, 0.3) is 0 Å². The number of rotatable bonds is 2. The fourth-order valence-electron chi connectivity index (χ4n) is 4.22. The molecule has 0 aromatic heterocycles. The number of likely N-dealkylation sites (tertiary alicyclic amines) is 1. The van der Waals surface area contributed by atoms with Crippen molar-refractivity contribution in [2.75, 3.05) is 26.3 Å². The van der Waals surface area contributed by atoms with Crippen LogP contribution in [0.2, 0.25) is 0 Å². The van der Waals surface area contributed by atoms with Crippen molar-refractivity contribution in [3.05, 3.63) is 0 Å². The summed E-state index contributed by atoms with van der Waals surface area (Å²) in [5.74, 6) is 1.96. The van der Waals surface area contributed by atoms with Crippen LogP contribution in [-0.4, -0.2) is 37.2 Å². The zero-order chi connectivity index (χ0) is 11.5. The molecule has 2 nitrogen and oxygen atoms in total. The molecular formula is C15H27NO. The molecule has 3 fully saturated rings. The molecule has 0 radical (unpaired) electrons. The van der Waals surface area contributed by atoms with E-state index in [9.17, 15) is 0 Å². The summed E-state index contributed by atoms with van der Waals surface area (Å²) in [4.78, 5) is 2.85. The van der Waals surface area contributed by atoms with Gasteiger partial charge < -0.3 is 4.74 Å². The van der Waals surface area contributed by atoms with Gasteiger partial charge in [-0.05, 0) is 56.9 Å². The quantitative estimate of drug-likeness (QED) is 0.732. The number of piperidine rings is 1. The van der Waals surface area contributed by atoms with Crippen molar-refractivity contribution in [3.8, 4) is 0 Å². The van der Waals surface area contributed by atoms with Gasteiger partial charge in [0.1, 0.15) is 0 Å². The zero-order valence-electron chi connectivity index (χ0n) is 11.1. The Morgan fingerprint density at radius 1 is 0.882 bits per heavy atom. The van der Waals surface area contributed by atoms with Crippen molar-refractivity contribution < 1.29 is 4.74 Å². The second-order valence-electron chi connectivity index (χ2n) is 6.30. The zero-order valence-corrected chi connectivity index (χ0v) is 11.1. The van der Waals surface area contributed by atoms with E-state index in [-0.39, 0.29) is 0 Å². The number of fused-ring (bicyclic) bond motifs is 1. The fraction of sp³-hybridized carbons (Fsp3) is 1.00. The second kappa shape index (κ2) is 5.71. The second-order valence-corrected chi connectivity index (χ2v) is 6.30. The van der Waals surface area contributed by atoms with Gasteiger partial charge in [-0.3, -0.25) is 4.90 Å². The Morgan fingerprint density at radius 3 is 2.53 bits per heavy atom. The van der Waals surface area contributed by atoms with E-state index in [1.165, 1.54) is 64.5 Å². The predicted octanol–water partition coefficient (Wildman–Crippen LogP) is 3.07. The highest BCUT2D eigenvalue weighted by atomic mass is 16.5. The summed E-state index contributed by atoms with van der Waals surface area (Å²) in [5, 5.41) is 0. The highest BCUT2D eigenvalue weighted by molar-refractivity contribution is 4.88. The van der Waals surface area contributed by atoms with Gasteiger partial charge in [-0.2, -0.15) is 0 Å². The van der Waals surface area contributed by atoms with Crippen LogP contribution in [0.1, 0.15) is 51.4 Å². The first-order valence-corrected chi connectivity index (χ1v) is 7.75. The molecule has 17 heavy (non-hydrogen) atoms.